The predicted octanol–water partition coefficient (Wildman–Crippen LogP) is 0.712. The van der Waals surface area contributed by atoms with E-state index in [0.717, 1.165) is 16.8 Å². The Hall–Kier alpha value is -1.88. The summed E-state index contributed by atoms with van der Waals surface area (Å²) < 4.78 is 0. The average molecular weight is 247 g/mol. The van der Waals surface area contributed by atoms with Gasteiger partial charge in [0.05, 0.1) is 6.04 Å². The van der Waals surface area contributed by atoms with Crippen LogP contribution >= 0.6 is 0 Å². The molecule has 1 aromatic rings. The van der Waals surface area contributed by atoms with E-state index in [9.17, 15) is 9.59 Å². The van der Waals surface area contributed by atoms with Crippen molar-refractivity contribution < 1.29 is 9.59 Å². The van der Waals surface area contributed by atoms with Crippen LogP contribution in [0, 0.1) is 6.92 Å². The number of nitrogens with one attached hydrogen (secondary N) is 3. The number of likely N-dealkylation sites (N-methyl/N-ethyl adjacent to an activating group) is 1. The smallest absolute Gasteiger partial charge is 0.246 e. The summed E-state index contributed by atoms with van der Waals surface area (Å²) >= 11 is 0. The van der Waals surface area contributed by atoms with Crippen molar-refractivity contribution in [1.82, 2.24) is 10.6 Å². The summed E-state index contributed by atoms with van der Waals surface area (Å²) in [6.07, 6.45) is 0. The third kappa shape index (κ3) is 2.22. The Morgan fingerprint density at radius 3 is 2.83 bits per heavy atom. The van der Waals surface area contributed by atoms with Crippen molar-refractivity contribution in [3.8, 4) is 0 Å². The summed E-state index contributed by atoms with van der Waals surface area (Å²) in [5, 5.41) is 8.40. The van der Waals surface area contributed by atoms with Gasteiger partial charge in [-0.05, 0) is 19.9 Å². The van der Waals surface area contributed by atoms with Gasteiger partial charge in [0.1, 0.15) is 6.04 Å². The molecular weight excluding hydrogens is 230 g/mol. The van der Waals surface area contributed by atoms with E-state index in [-0.39, 0.29) is 11.8 Å². The number of fused-ring (bicyclic) bond motifs is 1. The maximum absolute atomic E-state index is 11.9. The van der Waals surface area contributed by atoms with Gasteiger partial charge in [0.15, 0.2) is 0 Å². The number of carbonyl (C=O) groups excluding carboxylic acids is 2. The minimum atomic E-state index is -0.466. The number of carbonyl (C=O) groups is 2. The Bertz CT molecular complexity index is 499. The minimum absolute atomic E-state index is 0.119. The van der Waals surface area contributed by atoms with Crippen LogP contribution in [0.1, 0.15) is 24.1 Å². The van der Waals surface area contributed by atoms with Crippen molar-refractivity contribution in [2.75, 3.05) is 12.4 Å². The lowest BCUT2D eigenvalue weighted by molar-refractivity contribution is -0.123. The van der Waals surface area contributed by atoms with Crippen molar-refractivity contribution in [2.45, 2.75) is 25.9 Å². The first-order chi connectivity index (χ1) is 8.52. The Morgan fingerprint density at radius 1 is 1.44 bits per heavy atom. The molecule has 2 atom stereocenters. The van der Waals surface area contributed by atoms with Gasteiger partial charge in [-0.15, -0.1) is 0 Å². The molecule has 2 rings (SSSR count). The zero-order valence-electron chi connectivity index (χ0n) is 10.7. The second kappa shape index (κ2) is 4.78. The first kappa shape index (κ1) is 12.6. The molecule has 96 valence electrons. The summed E-state index contributed by atoms with van der Waals surface area (Å²) in [6, 6.07) is 4.91. The summed E-state index contributed by atoms with van der Waals surface area (Å²) in [6.45, 7) is 3.71. The molecule has 3 N–H and O–H groups in total. The van der Waals surface area contributed by atoms with Crippen molar-refractivity contribution in [2.24, 2.45) is 0 Å². The molecular formula is C13H17N3O2. The molecule has 2 amide bonds. The Labute approximate surface area is 106 Å². The molecule has 0 radical (unpaired) electrons. The third-order valence-electron chi connectivity index (χ3n) is 3.09. The van der Waals surface area contributed by atoms with Crippen LogP contribution in [0.15, 0.2) is 18.2 Å². The van der Waals surface area contributed by atoms with E-state index in [1.807, 2.05) is 25.1 Å². The standard InChI is InChI=1S/C13H17N3O2/c1-7-4-5-10-9(6-7)11(13(18)16-10)15-8(2)12(17)14-3/h4-6,8,11,15H,1-3H3,(H,14,17)(H,16,18). The van der Waals surface area contributed by atoms with E-state index in [0.29, 0.717) is 0 Å². The van der Waals surface area contributed by atoms with Crippen LogP contribution in [0.5, 0.6) is 0 Å². The van der Waals surface area contributed by atoms with Crippen LogP contribution in [0.2, 0.25) is 0 Å². The predicted molar refractivity (Wildman–Crippen MR) is 69.2 cm³/mol. The second-order valence-electron chi connectivity index (χ2n) is 4.52. The number of amides is 2. The summed E-state index contributed by atoms with van der Waals surface area (Å²) in [4.78, 5) is 23.4. The molecule has 0 bridgehead atoms. The van der Waals surface area contributed by atoms with Gasteiger partial charge in [-0.1, -0.05) is 17.7 Å². The van der Waals surface area contributed by atoms with Gasteiger partial charge in [-0.3, -0.25) is 14.9 Å². The molecule has 1 aromatic carbocycles. The number of aryl methyl sites for hydroxylation is 1. The van der Waals surface area contributed by atoms with Gasteiger partial charge in [-0.2, -0.15) is 0 Å². The second-order valence-corrected chi connectivity index (χ2v) is 4.52. The fraction of sp³-hybridized carbons (Fsp3) is 0.385. The van der Waals surface area contributed by atoms with E-state index in [1.54, 1.807) is 14.0 Å². The Kier molecular flexibility index (Phi) is 3.34. The van der Waals surface area contributed by atoms with E-state index in [2.05, 4.69) is 16.0 Å². The summed E-state index contributed by atoms with van der Waals surface area (Å²) in [5.41, 5.74) is 2.80. The van der Waals surface area contributed by atoms with Crippen LogP contribution in [0.4, 0.5) is 5.69 Å². The summed E-state index contributed by atoms with van der Waals surface area (Å²) in [7, 11) is 1.58. The van der Waals surface area contributed by atoms with Crippen LogP contribution in [0.25, 0.3) is 0 Å². The highest BCUT2D eigenvalue weighted by atomic mass is 16.2. The van der Waals surface area contributed by atoms with Gasteiger partial charge < -0.3 is 10.6 Å². The Morgan fingerprint density at radius 2 is 2.17 bits per heavy atom. The fourth-order valence-electron chi connectivity index (χ4n) is 2.09. The van der Waals surface area contributed by atoms with Crippen LogP contribution < -0.4 is 16.0 Å². The number of rotatable bonds is 3. The maximum Gasteiger partial charge on any atom is 0.246 e. The highest BCUT2D eigenvalue weighted by Gasteiger charge is 2.32. The average Bonchev–Trinajstić information content (AvgIpc) is 2.65. The SMILES string of the molecule is CNC(=O)C(C)NC1C(=O)Nc2ccc(C)cc21. The maximum atomic E-state index is 11.9. The molecule has 0 saturated carbocycles. The number of anilines is 1. The van der Waals surface area contributed by atoms with Gasteiger partial charge >= 0.3 is 0 Å². The zero-order valence-corrected chi connectivity index (χ0v) is 10.7. The molecule has 18 heavy (non-hydrogen) atoms. The number of hydrogen-bond acceptors (Lipinski definition) is 3. The molecule has 5 heteroatoms. The molecule has 0 saturated heterocycles. The lowest BCUT2D eigenvalue weighted by Crippen LogP contribution is -2.44. The van der Waals surface area contributed by atoms with Crippen molar-refractivity contribution in [3.05, 3.63) is 29.3 Å². The van der Waals surface area contributed by atoms with E-state index >= 15 is 0 Å². The van der Waals surface area contributed by atoms with Crippen LogP contribution in [0.3, 0.4) is 0 Å². The minimum Gasteiger partial charge on any atom is -0.358 e. The molecule has 0 aromatic heterocycles. The molecule has 0 spiro atoms. The molecule has 5 nitrogen and oxygen atoms in total. The van der Waals surface area contributed by atoms with Gasteiger partial charge in [0.25, 0.3) is 0 Å². The molecule has 1 aliphatic heterocycles. The molecule has 2 unspecified atom stereocenters. The fourth-order valence-corrected chi connectivity index (χ4v) is 2.09. The first-order valence-electron chi connectivity index (χ1n) is 5.92. The summed E-state index contributed by atoms with van der Waals surface area (Å²) in [5.74, 6) is -0.254. The monoisotopic (exact) mass is 247 g/mol. The van der Waals surface area contributed by atoms with Gasteiger partial charge in [-0.25, -0.2) is 0 Å². The van der Waals surface area contributed by atoms with Crippen LogP contribution in [-0.2, 0) is 9.59 Å². The van der Waals surface area contributed by atoms with Crippen molar-refractivity contribution in [1.29, 1.82) is 0 Å². The quantitative estimate of drug-likeness (QED) is 0.737. The first-order valence-corrected chi connectivity index (χ1v) is 5.92. The highest BCUT2D eigenvalue weighted by Crippen LogP contribution is 2.31. The molecule has 1 aliphatic rings. The van der Waals surface area contributed by atoms with Crippen LogP contribution in [-0.4, -0.2) is 24.9 Å². The Balaban J connectivity index is 2.22. The largest absolute Gasteiger partial charge is 0.358 e. The van der Waals surface area contributed by atoms with E-state index in [1.165, 1.54) is 0 Å². The van der Waals surface area contributed by atoms with E-state index < -0.39 is 12.1 Å². The van der Waals surface area contributed by atoms with Gasteiger partial charge in [0.2, 0.25) is 11.8 Å². The molecule has 0 fully saturated rings. The van der Waals surface area contributed by atoms with Crippen molar-refractivity contribution >= 4 is 17.5 Å². The lowest BCUT2D eigenvalue weighted by atomic mass is 10.0. The normalized spacial score (nSPS) is 19.1. The lowest BCUT2D eigenvalue weighted by Gasteiger charge is -2.17. The van der Waals surface area contributed by atoms with E-state index in [4.69, 9.17) is 0 Å². The third-order valence-corrected chi connectivity index (χ3v) is 3.09. The topological polar surface area (TPSA) is 70.2 Å². The molecule has 1 heterocycles. The highest BCUT2D eigenvalue weighted by molar-refractivity contribution is 6.03. The van der Waals surface area contributed by atoms with Gasteiger partial charge in [0, 0.05) is 18.3 Å². The number of benzene rings is 1. The molecule has 0 aliphatic carbocycles. The zero-order chi connectivity index (χ0) is 13.3. The van der Waals surface area contributed by atoms with Crippen molar-refractivity contribution in [3.63, 3.8) is 0 Å². The number of hydrogen-bond donors (Lipinski definition) is 3.